The second kappa shape index (κ2) is 7.04. The van der Waals surface area contributed by atoms with Crippen LogP contribution in [0.5, 0.6) is 0 Å². The lowest BCUT2D eigenvalue weighted by molar-refractivity contribution is 0.315. The maximum atomic E-state index is 4.63. The van der Waals surface area contributed by atoms with Gasteiger partial charge in [-0.15, -0.1) is 0 Å². The van der Waals surface area contributed by atoms with Gasteiger partial charge in [0.2, 0.25) is 0 Å². The van der Waals surface area contributed by atoms with Crippen molar-refractivity contribution in [3.8, 4) is 0 Å². The molecule has 1 aromatic rings. The molecule has 0 bridgehead atoms. The Kier molecular flexibility index (Phi) is 5.38. The van der Waals surface area contributed by atoms with Crippen LogP contribution in [0.4, 0.5) is 5.69 Å². The minimum absolute atomic E-state index is 0.331. The van der Waals surface area contributed by atoms with E-state index in [1.54, 1.807) is 0 Å². The topological polar surface area (TPSA) is 31.4 Å². The molecule has 2 unspecified atom stereocenters. The van der Waals surface area contributed by atoms with Gasteiger partial charge in [0.1, 0.15) is 0 Å². The van der Waals surface area contributed by atoms with Crippen LogP contribution in [-0.2, 0) is 0 Å². The molecule has 0 saturated carbocycles. The lowest BCUT2D eigenvalue weighted by atomic mass is 10.2. The number of likely N-dealkylation sites (N-methyl/N-ethyl adjacent to an activating group) is 1. The van der Waals surface area contributed by atoms with Crippen LogP contribution in [-0.4, -0.2) is 49.7 Å². The first-order valence-corrected chi connectivity index (χ1v) is 7.72. The normalized spacial score (nSPS) is 20.6. The molecule has 0 spiro atoms. The third-order valence-electron chi connectivity index (χ3n) is 4.17. The number of aromatic nitrogens is 1. The molecule has 0 amide bonds. The third-order valence-corrected chi connectivity index (χ3v) is 4.17. The molecule has 1 aliphatic rings. The quantitative estimate of drug-likeness (QED) is 0.864. The number of rotatable bonds is 6. The van der Waals surface area contributed by atoms with Gasteiger partial charge in [0.25, 0.3) is 0 Å². The van der Waals surface area contributed by atoms with Gasteiger partial charge in [-0.2, -0.15) is 0 Å². The van der Waals surface area contributed by atoms with Crippen molar-refractivity contribution in [3.05, 3.63) is 24.0 Å². The molecular formula is C16H28N4. The van der Waals surface area contributed by atoms with Crippen molar-refractivity contribution in [2.45, 2.75) is 38.8 Å². The van der Waals surface area contributed by atoms with Crippen LogP contribution in [0.15, 0.2) is 18.3 Å². The summed E-state index contributed by atoms with van der Waals surface area (Å²) in [4.78, 5) is 9.38. The highest BCUT2D eigenvalue weighted by atomic mass is 15.2. The summed E-state index contributed by atoms with van der Waals surface area (Å²) in [5.74, 6) is 0. The van der Waals surface area contributed by atoms with Crippen LogP contribution in [0.3, 0.4) is 0 Å². The maximum absolute atomic E-state index is 4.63. The Bertz CT molecular complexity index is 401. The minimum atomic E-state index is 0.331. The molecule has 2 heterocycles. The third kappa shape index (κ3) is 3.70. The van der Waals surface area contributed by atoms with E-state index in [1.165, 1.54) is 12.1 Å². The average molecular weight is 276 g/mol. The first-order valence-electron chi connectivity index (χ1n) is 7.72. The molecule has 112 valence electrons. The van der Waals surface area contributed by atoms with Crippen molar-refractivity contribution in [2.75, 3.05) is 38.6 Å². The second-order valence-corrected chi connectivity index (χ2v) is 5.97. The predicted octanol–water partition coefficient (Wildman–Crippen LogP) is 2.28. The largest absolute Gasteiger partial charge is 0.369 e. The fourth-order valence-electron chi connectivity index (χ4n) is 2.70. The summed E-state index contributed by atoms with van der Waals surface area (Å²) >= 11 is 0. The van der Waals surface area contributed by atoms with Gasteiger partial charge in [-0.05, 0) is 52.5 Å². The van der Waals surface area contributed by atoms with Crippen molar-refractivity contribution in [2.24, 2.45) is 0 Å². The van der Waals surface area contributed by atoms with Crippen molar-refractivity contribution in [3.63, 3.8) is 0 Å². The van der Waals surface area contributed by atoms with Gasteiger partial charge in [0.15, 0.2) is 0 Å². The summed E-state index contributed by atoms with van der Waals surface area (Å²) in [6.07, 6.45) is 4.42. The molecule has 1 fully saturated rings. The van der Waals surface area contributed by atoms with Gasteiger partial charge >= 0.3 is 0 Å². The molecule has 1 saturated heterocycles. The molecule has 2 atom stereocenters. The minimum Gasteiger partial charge on any atom is -0.369 e. The fourth-order valence-corrected chi connectivity index (χ4v) is 2.70. The summed E-state index contributed by atoms with van der Waals surface area (Å²) in [7, 11) is 4.33. The smallest absolute Gasteiger partial charge is 0.0572 e. The Morgan fingerprint density at radius 2 is 2.25 bits per heavy atom. The Morgan fingerprint density at radius 1 is 1.45 bits per heavy atom. The Hall–Kier alpha value is -1.13. The molecule has 4 heteroatoms. The summed E-state index contributed by atoms with van der Waals surface area (Å²) in [5, 5.41) is 3.48. The number of hydrogen-bond acceptors (Lipinski definition) is 4. The summed E-state index contributed by atoms with van der Waals surface area (Å²) in [6.45, 7) is 7.65. The van der Waals surface area contributed by atoms with Gasteiger partial charge in [0, 0.05) is 25.2 Å². The van der Waals surface area contributed by atoms with E-state index >= 15 is 0 Å². The zero-order valence-electron chi connectivity index (χ0n) is 13.3. The van der Waals surface area contributed by atoms with Gasteiger partial charge in [-0.1, -0.05) is 6.92 Å². The second-order valence-electron chi connectivity index (χ2n) is 5.97. The van der Waals surface area contributed by atoms with E-state index < -0.39 is 0 Å². The number of nitrogens with one attached hydrogen (secondary N) is 1. The van der Waals surface area contributed by atoms with Crippen LogP contribution < -0.4 is 10.2 Å². The highest BCUT2D eigenvalue weighted by Crippen LogP contribution is 2.22. The Balaban J connectivity index is 1.95. The van der Waals surface area contributed by atoms with E-state index in [9.17, 15) is 0 Å². The monoisotopic (exact) mass is 276 g/mol. The number of anilines is 1. The van der Waals surface area contributed by atoms with Crippen molar-refractivity contribution in [1.29, 1.82) is 0 Å². The zero-order valence-corrected chi connectivity index (χ0v) is 13.3. The molecule has 1 aromatic heterocycles. The summed E-state index contributed by atoms with van der Waals surface area (Å²) in [5.41, 5.74) is 2.38. The SMILES string of the molecule is CCCNC(C)c1ccc(N2CCC(N(C)C)C2)cn1. The van der Waals surface area contributed by atoms with Crippen LogP contribution in [0.2, 0.25) is 0 Å². The summed E-state index contributed by atoms with van der Waals surface area (Å²) in [6, 6.07) is 5.37. The van der Waals surface area contributed by atoms with E-state index in [0.717, 1.165) is 31.7 Å². The highest BCUT2D eigenvalue weighted by Gasteiger charge is 2.24. The standard InChI is InChI=1S/C16H28N4/c1-5-9-17-13(2)16-7-6-14(11-18-16)20-10-8-15(12-20)19(3)4/h6-7,11,13,15,17H,5,8-10,12H2,1-4H3. The lowest BCUT2D eigenvalue weighted by Crippen LogP contribution is -2.31. The summed E-state index contributed by atoms with van der Waals surface area (Å²) < 4.78 is 0. The predicted molar refractivity (Wildman–Crippen MR) is 85.3 cm³/mol. The van der Waals surface area contributed by atoms with Crippen LogP contribution >= 0.6 is 0 Å². The first kappa shape index (κ1) is 15.3. The first-order chi connectivity index (χ1) is 9.61. The Labute approximate surface area is 123 Å². The molecular weight excluding hydrogens is 248 g/mol. The zero-order chi connectivity index (χ0) is 14.5. The molecule has 0 aromatic carbocycles. The molecule has 0 aliphatic carbocycles. The van der Waals surface area contributed by atoms with Crippen LogP contribution in [0.1, 0.15) is 38.4 Å². The Morgan fingerprint density at radius 3 is 2.80 bits per heavy atom. The number of nitrogens with zero attached hydrogens (tertiary/aromatic N) is 3. The van der Waals surface area contributed by atoms with Gasteiger partial charge in [-0.25, -0.2) is 0 Å². The van der Waals surface area contributed by atoms with E-state index in [2.05, 4.69) is 60.2 Å². The van der Waals surface area contributed by atoms with E-state index in [1.807, 2.05) is 6.20 Å². The average Bonchev–Trinajstić information content (AvgIpc) is 2.95. The van der Waals surface area contributed by atoms with Crippen molar-refractivity contribution < 1.29 is 0 Å². The number of hydrogen-bond donors (Lipinski definition) is 1. The maximum Gasteiger partial charge on any atom is 0.0572 e. The molecule has 20 heavy (non-hydrogen) atoms. The van der Waals surface area contributed by atoms with Crippen molar-refractivity contribution in [1.82, 2.24) is 15.2 Å². The van der Waals surface area contributed by atoms with Gasteiger partial charge in [-0.3, -0.25) is 4.98 Å². The van der Waals surface area contributed by atoms with Crippen LogP contribution in [0.25, 0.3) is 0 Å². The van der Waals surface area contributed by atoms with E-state index in [0.29, 0.717) is 12.1 Å². The van der Waals surface area contributed by atoms with Gasteiger partial charge < -0.3 is 15.1 Å². The van der Waals surface area contributed by atoms with Gasteiger partial charge in [0.05, 0.1) is 17.6 Å². The molecule has 1 N–H and O–H groups in total. The molecule has 1 aliphatic heterocycles. The number of pyridine rings is 1. The fraction of sp³-hybridized carbons (Fsp3) is 0.688. The van der Waals surface area contributed by atoms with Crippen molar-refractivity contribution >= 4 is 5.69 Å². The molecule has 0 radical (unpaired) electrons. The van der Waals surface area contributed by atoms with E-state index in [4.69, 9.17) is 0 Å². The molecule has 4 nitrogen and oxygen atoms in total. The van der Waals surface area contributed by atoms with Crippen LogP contribution in [0, 0.1) is 0 Å². The van der Waals surface area contributed by atoms with E-state index in [-0.39, 0.29) is 0 Å². The lowest BCUT2D eigenvalue weighted by Gasteiger charge is -2.22. The molecule has 2 rings (SSSR count). The highest BCUT2D eigenvalue weighted by molar-refractivity contribution is 5.46.